The molecule has 3 atom stereocenters. The Morgan fingerprint density at radius 3 is 2.74 bits per heavy atom. The molecule has 0 aliphatic carbocycles. The zero-order chi connectivity index (χ0) is 22.8. The second-order valence-corrected chi connectivity index (χ2v) is 8.02. The van der Waals surface area contributed by atoms with Crippen molar-refractivity contribution < 1.29 is 27.8 Å². The van der Waals surface area contributed by atoms with Crippen LogP contribution in [0.15, 0.2) is 17.6 Å². The first-order valence-electron chi connectivity index (χ1n) is 9.41. The zero-order valence-electron chi connectivity index (χ0n) is 16.5. The van der Waals surface area contributed by atoms with Crippen molar-refractivity contribution in [2.24, 2.45) is 5.73 Å². The summed E-state index contributed by atoms with van der Waals surface area (Å²) in [7, 11) is 0. The van der Waals surface area contributed by atoms with Crippen molar-refractivity contribution in [2.45, 2.75) is 50.6 Å². The molecule has 1 unspecified atom stereocenters. The largest absolute Gasteiger partial charge is 0.490 e. The first-order chi connectivity index (χ1) is 14.6. The first-order valence-corrected chi connectivity index (χ1v) is 10.3. The molecule has 3 aromatic rings. The molecule has 1 aliphatic rings. The number of pyridine rings is 1. The maximum Gasteiger partial charge on any atom is 0.490 e. The number of alkyl halides is 3. The number of carboxylic acids is 1. The minimum atomic E-state index is -5.08. The molecule has 0 spiro atoms. The van der Waals surface area contributed by atoms with Crippen molar-refractivity contribution in [1.29, 1.82) is 5.26 Å². The fourth-order valence-corrected chi connectivity index (χ4v) is 4.33. The molecule has 3 aromatic heterocycles. The number of ether oxygens (including phenoxy) is 1. The summed E-state index contributed by atoms with van der Waals surface area (Å²) in [4.78, 5) is 18.1. The molecule has 0 aromatic carbocycles. The minimum absolute atomic E-state index is 0.0446. The van der Waals surface area contributed by atoms with Crippen molar-refractivity contribution in [3.63, 3.8) is 0 Å². The van der Waals surface area contributed by atoms with E-state index in [0.717, 1.165) is 39.9 Å². The molecule has 8 nitrogen and oxygen atoms in total. The van der Waals surface area contributed by atoms with E-state index in [1.807, 2.05) is 19.2 Å². The van der Waals surface area contributed by atoms with Gasteiger partial charge in [0.25, 0.3) is 0 Å². The van der Waals surface area contributed by atoms with Gasteiger partial charge in [0.2, 0.25) is 0 Å². The summed E-state index contributed by atoms with van der Waals surface area (Å²) in [5, 5.41) is 18.0. The number of rotatable bonds is 3. The molecule has 0 saturated carbocycles. The Morgan fingerprint density at radius 1 is 1.48 bits per heavy atom. The average Bonchev–Trinajstić information content (AvgIpc) is 3.32. The number of hydrogen-bond donors (Lipinski definition) is 2. The molecule has 4 heterocycles. The molecule has 0 bridgehead atoms. The van der Waals surface area contributed by atoms with E-state index in [9.17, 15) is 13.2 Å². The second kappa shape index (κ2) is 9.17. The van der Waals surface area contributed by atoms with Crippen LogP contribution in [0.4, 0.5) is 13.2 Å². The van der Waals surface area contributed by atoms with E-state index in [4.69, 9.17) is 30.6 Å². The standard InChI is InChI=1S/C17H19N5OS.C2HF3O2/c1-10(19)17-21-14-8-20-13-5-7-24-16(13)15(14)22(17)11-2-3-12(4-6-18)23-9-11;3-2(4,5)1(6)7/h5,7-8,10-12H,2-4,9,19H2,1H3;(H,6,7)/t10?,11-,12+;/m0./s1. The van der Waals surface area contributed by atoms with Crippen LogP contribution in [0.1, 0.15) is 44.1 Å². The number of nitrogens with zero attached hydrogens (tertiary/aromatic N) is 4. The van der Waals surface area contributed by atoms with Gasteiger partial charge in [0.15, 0.2) is 0 Å². The van der Waals surface area contributed by atoms with E-state index >= 15 is 0 Å². The summed E-state index contributed by atoms with van der Waals surface area (Å²) in [6.45, 7) is 2.55. The van der Waals surface area contributed by atoms with Gasteiger partial charge in [0, 0.05) is 0 Å². The van der Waals surface area contributed by atoms with Crippen LogP contribution in [0, 0.1) is 11.3 Å². The summed E-state index contributed by atoms with van der Waals surface area (Å²) >= 11 is 1.68. The van der Waals surface area contributed by atoms with Crippen LogP contribution in [-0.4, -0.2) is 44.5 Å². The van der Waals surface area contributed by atoms with E-state index in [1.165, 1.54) is 0 Å². The van der Waals surface area contributed by atoms with Crippen molar-refractivity contribution >= 4 is 38.6 Å². The fraction of sp³-hybridized carbons (Fsp3) is 0.474. The van der Waals surface area contributed by atoms with Crippen molar-refractivity contribution in [3.05, 3.63) is 23.5 Å². The molecule has 166 valence electrons. The van der Waals surface area contributed by atoms with E-state index in [-0.39, 0.29) is 18.2 Å². The van der Waals surface area contributed by atoms with Crippen LogP contribution in [0.2, 0.25) is 0 Å². The maximum absolute atomic E-state index is 10.6. The molecule has 0 amide bonds. The number of thiophene rings is 1. The lowest BCUT2D eigenvalue weighted by Gasteiger charge is -2.30. The average molecular weight is 455 g/mol. The van der Waals surface area contributed by atoms with Gasteiger partial charge in [-0.05, 0) is 31.2 Å². The van der Waals surface area contributed by atoms with Crippen LogP contribution in [0.5, 0.6) is 0 Å². The molecule has 3 N–H and O–H groups in total. The Balaban J connectivity index is 0.000000339. The molecule has 1 fully saturated rings. The topological polar surface area (TPSA) is 127 Å². The number of halogens is 3. The maximum atomic E-state index is 10.6. The van der Waals surface area contributed by atoms with Gasteiger partial charge in [-0.15, -0.1) is 11.3 Å². The highest BCUT2D eigenvalue weighted by molar-refractivity contribution is 7.18. The summed E-state index contributed by atoms with van der Waals surface area (Å²) in [5.74, 6) is -1.88. The number of nitriles is 1. The van der Waals surface area contributed by atoms with Gasteiger partial charge in [0.1, 0.15) is 11.3 Å². The number of aliphatic carboxylic acids is 1. The number of hydrogen-bond acceptors (Lipinski definition) is 7. The SMILES string of the molecule is CC(N)c1nc2cnc3ccsc3c2n1[C@H]1CC[C@H](CC#N)OC1.O=C(O)C(F)(F)F. The van der Waals surface area contributed by atoms with Crippen LogP contribution in [-0.2, 0) is 9.53 Å². The summed E-state index contributed by atoms with van der Waals surface area (Å²) in [5.41, 5.74) is 9.18. The normalized spacial score (nSPS) is 20.1. The van der Waals surface area contributed by atoms with Gasteiger partial charge in [-0.3, -0.25) is 4.98 Å². The monoisotopic (exact) mass is 455 g/mol. The fourth-order valence-electron chi connectivity index (χ4n) is 3.45. The number of fused-ring (bicyclic) bond motifs is 3. The Labute approximate surface area is 179 Å². The van der Waals surface area contributed by atoms with Crippen molar-refractivity contribution in [2.75, 3.05) is 6.61 Å². The van der Waals surface area contributed by atoms with Gasteiger partial charge >= 0.3 is 12.1 Å². The third-order valence-corrected chi connectivity index (χ3v) is 5.74. The Kier molecular flexibility index (Phi) is 6.78. The highest BCUT2D eigenvalue weighted by atomic mass is 32.1. The molecular weight excluding hydrogens is 435 g/mol. The minimum Gasteiger partial charge on any atom is -0.475 e. The Morgan fingerprint density at radius 2 is 2.19 bits per heavy atom. The summed E-state index contributed by atoms with van der Waals surface area (Å²) < 4.78 is 41.0. The highest BCUT2D eigenvalue weighted by Crippen LogP contribution is 2.35. The number of carbonyl (C=O) groups is 1. The number of imidazole rings is 1. The van der Waals surface area contributed by atoms with Gasteiger partial charge in [-0.25, -0.2) is 9.78 Å². The third-order valence-electron chi connectivity index (χ3n) is 4.83. The number of carboxylic acid groups (broad SMARTS) is 1. The molecular formula is C19H20F3N5O3S. The third kappa shape index (κ3) is 4.95. The molecule has 0 radical (unpaired) electrons. The van der Waals surface area contributed by atoms with Gasteiger partial charge in [-0.2, -0.15) is 18.4 Å². The Hall–Kier alpha value is -2.75. The predicted molar refractivity (Wildman–Crippen MR) is 107 cm³/mol. The molecule has 1 aliphatic heterocycles. The quantitative estimate of drug-likeness (QED) is 0.612. The van der Waals surface area contributed by atoms with Crippen LogP contribution in [0.25, 0.3) is 21.3 Å². The summed E-state index contributed by atoms with van der Waals surface area (Å²) in [6, 6.07) is 4.26. The molecule has 1 saturated heterocycles. The van der Waals surface area contributed by atoms with Crippen LogP contribution in [0.3, 0.4) is 0 Å². The lowest BCUT2D eigenvalue weighted by atomic mass is 10.0. The van der Waals surface area contributed by atoms with E-state index in [0.29, 0.717) is 13.0 Å². The molecule has 12 heteroatoms. The second-order valence-electron chi connectivity index (χ2n) is 7.11. The predicted octanol–water partition coefficient (Wildman–Crippen LogP) is 3.93. The van der Waals surface area contributed by atoms with Gasteiger partial charge in [0.05, 0.1) is 59.2 Å². The van der Waals surface area contributed by atoms with E-state index in [2.05, 4.69) is 21.0 Å². The van der Waals surface area contributed by atoms with Crippen LogP contribution < -0.4 is 5.73 Å². The lowest BCUT2D eigenvalue weighted by Crippen LogP contribution is -2.29. The van der Waals surface area contributed by atoms with Crippen molar-refractivity contribution in [1.82, 2.24) is 14.5 Å². The highest BCUT2D eigenvalue weighted by Gasteiger charge is 2.38. The number of aromatic nitrogens is 3. The van der Waals surface area contributed by atoms with Crippen LogP contribution >= 0.6 is 11.3 Å². The molecule has 4 rings (SSSR count). The van der Waals surface area contributed by atoms with Gasteiger partial charge in [-0.1, -0.05) is 0 Å². The lowest BCUT2D eigenvalue weighted by molar-refractivity contribution is -0.192. The Bertz CT molecular complexity index is 1110. The smallest absolute Gasteiger partial charge is 0.475 e. The first kappa shape index (κ1) is 22.9. The number of nitrogens with two attached hydrogens (primary N) is 1. The zero-order valence-corrected chi connectivity index (χ0v) is 17.3. The van der Waals surface area contributed by atoms with Crippen molar-refractivity contribution in [3.8, 4) is 6.07 Å². The summed E-state index contributed by atoms with van der Waals surface area (Å²) in [6.07, 6.45) is -0.907. The van der Waals surface area contributed by atoms with Gasteiger partial charge < -0.3 is 20.1 Å². The van der Waals surface area contributed by atoms with E-state index < -0.39 is 12.1 Å². The van der Waals surface area contributed by atoms with E-state index in [1.54, 1.807) is 11.3 Å². The molecule has 31 heavy (non-hydrogen) atoms.